The summed E-state index contributed by atoms with van der Waals surface area (Å²) >= 11 is 3.29. The maximum Gasteiger partial charge on any atom is 0.242 e. The lowest BCUT2D eigenvalue weighted by Crippen LogP contribution is -2.45. The van der Waals surface area contributed by atoms with Gasteiger partial charge in [-0.15, -0.1) is 0 Å². The molecule has 0 bridgehead atoms. The topological polar surface area (TPSA) is 93.7 Å². The Kier molecular flexibility index (Phi) is 7.89. The van der Waals surface area contributed by atoms with Crippen LogP contribution in [0, 0.1) is 0 Å². The van der Waals surface area contributed by atoms with Crippen molar-refractivity contribution in [3.05, 3.63) is 82.8 Å². The normalized spacial score (nSPS) is 12.1. The van der Waals surface area contributed by atoms with Gasteiger partial charge in [-0.2, -0.15) is 4.72 Å². The van der Waals surface area contributed by atoms with Gasteiger partial charge in [0.1, 0.15) is 6.04 Å². The standard InChI is InChI=1S/C23H23BrN2O5S/c1-30-21-13-10-18(15-22(21)31-2)25-23(27)20(14-16-6-4-3-5-7-16)26-32(28,29)19-11-8-17(24)9-12-19/h3-13,15,20,26H,14H2,1-2H3,(H,25,27)/t20-/m1/s1. The molecule has 0 heterocycles. The number of sulfonamides is 1. The Bertz CT molecular complexity index is 1170. The van der Waals surface area contributed by atoms with Crippen LogP contribution < -0.4 is 19.5 Å². The van der Waals surface area contributed by atoms with Gasteiger partial charge in [-0.05, 0) is 48.4 Å². The van der Waals surface area contributed by atoms with Crippen LogP contribution in [-0.2, 0) is 21.2 Å². The van der Waals surface area contributed by atoms with Crippen molar-refractivity contribution >= 4 is 37.5 Å². The van der Waals surface area contributed by atoms with E-state index in [2.05, 4.69) is 26.0 Å². The molecule has 3 rings (SSSR count). The van der Waals surface area contributed by atoms with E-state index in [-0.39, 0.29) is 11.3 Å². The molecule has 0 saturated carbocycles. The van der Waals surface area contributed by atoms with Crippen molar-refractivity contribution in [3.8, 4) is 11.5 Å². The fourth-order valence-electron chi connectivity index (χ4n) is 3.05. The average Bonchev–Trinajstić information content (AvgIpc) is 2.79. The second-order valence-corrected chi connectivity index (χ2v) is 9.51. The van der Waals surface area contributed by atoms with E-state index >= 15 is 0 Å². The zero-order chi connectivity index (χ0) is 23.1. The van der Waals surface area contributed by atoms with Gasteiger partial charge < -0.3 is 14.8 Å². The summed E-state index contributed by atoms with van der Waals surface area (Å²) in [6.45, 7) is 0. The lowest BCUT2D eigenvalue weighted by atomic mass is 10.1. The third-order valence-corrected chi connectivity index (χ3v) is 6.69. The number of benzene rings is 3. The Labute approximate surface area is 195 Å². The molecule has 9 heteroatoms. The summed E-state index contributed by atoms with van der Waals surface area (Å²) in [4.78, 5) is 13.2. The molecular weight excluding hydrogens is 496 g/mol. The van der Waals surface area contributed by atoms with E-state index < -0.39 is 22.0 Å². The molecule has 1 amide bonds. The average molecular weight is 519 g/mol. The van der Waals surface area contributed by atoms with Gasteiger partial charge in [-0.1, -0.05) is 46.3 Å². The summed E-state index contributed by atoms with van der Waals surface area (Å²) in [5, 5.41) is 2.76. The van der Waals surface area contributed by atoms with Crippen LogP contribution in [0.2, 0.25) is 0 Å². The summed E-state index contributed by atoms with van der Waals surface area (Å²) in [7, 11) is -0.923. The van der Waals surface area contributed by atoms with Crippen LogP contribution in [0.5, 0.6) is 11.5 Å². The molecule has 0 aliphatic rings. The number of halogens is 1. The van der Waals surface area contributed by atoms with E-state index in [1.165, 1.54) is 26.4 Å². The maximum atomic E-state index is 13.1. The van der Waals surface area contributed by atoms with Gasteiger partial charge in [0, 0.05) is 16.2 Å². The minimum atomic E-state index is -3.93. The number of ether oxygens (including phenoxy) is 2. The minimum Gasteiger partial charge on any atom is -0.493 e. The number of hydrogen-bond donors (Lipinski definition) is 2. The number of amides is 1. The molecule has 0 spiro atoms. The van der Waals surface area contributed by atoms with Gasteiger partial charge in [0.15, 0.2) is 11.5 Å². The van der Waals surface area contributed by atoms with E-state index in [9.17, 15) is 13.2 Å². The van der Waals surface area contributed by atoms with Crippen molar-refractivity contribution in [3.63, 3.8) is 0 Å². The van der Waals surface area contributed by atoms with E-state index in [1.807, 2.05) is 30.3 Å². The number of anilines is 1. The third kappa shape index (κ3) is 6.09. The van der Waals surface area contributed by atoms with Crippen LogP contribution in [0.3, 0.4) is 0 Å². The number of rotatable bonds is 9. The molecule has 0 saturated heterocycles. The van der Waals surface area contributed by atoms with Crippen molar-refractivity contribution in [1.29, 1.82) is 0 Å². The number of carbonyl (C=O) groups is 1. The van der Waals surface area contributed by atoms with Crippen LogP contribution in [0.4, 0.5) is 5.69 Å². The van der Waals surface area contributed by atoms with E-state index in [1.54, 1.807) is 30.3 Å². The molecule has 32 heavy (non-hydrogen) atoms. The highest BCUT2D eigenvalue weighted by Gasteiger charge is 2.26. The Balaban J connectivity index is 1.86. The van der Waals surface area contributed by atoms with E-state index in [0.717, 1.165) is 10.0 Å². The zero-order valence-electron chi connectivity index (χ0n) is 17.5. The SMILES string of the molecule is COc1ccc(NC(=O)[C@@H](Cc2ccccc2)NS(=O)(=O)c2ccc(Br)cc2)cc1OC. The van der Waals surface area contributed by atoms with E-state index in [0.29, 0.717) is 17.2 Å². The smallest absolute Gasteiger partial charge is 0.242 e. The summed E-state index contributed by atoms with van der Waals surface area (Å²) < 4.78 is 39.7. The molecule has 1 atom stereocenters. The first-order valence-corrected chi connectivity index (χ1v) is 11.9. The molecule has 7 nitrogen and oxygen atoms in total. The second kappa shape index (κ2) is 10.6. The van der Waals surface area contributed by atoms with Crippen LogP contribution in [0.25, 0.3) is 0 Å². The van der Waals surface area contributed by atoms with Crippen molar-refractivity contribution in [2.75, 3.05) is 19.5 Å². The van der Waals surface area contributed by atoms with Crippen LogP contribution in [-0.4, -0.2) is 34.6 Å². The highest BCUT2D eigenvalue weighted by molar-refractivity contribution is 9.10. The van der Waals surface area contributed by atoms with Crippen molar-refractivity contribution in [2.45, 2.75) is 17.4 Å². The number of methoxy groups -OCH3 is 2. The lowest BCUT2D eigenvalue weighted by molar-refractivity contribution is -0.117. The summed E-state index contributed by atoms with van der Waals surface area (Å²) in [5.74, 6) is 0.462. The Morgan fingerprint density at radius 1 is 0.938 bits per heavy atom. The number of hydrogen-bond acceptors (Lipinski definition) is 5. The van der Waals surface area contributed by atoms with E-state index in [4.69, 9.17) is 9.47 Å². The van der Waals surface area contributed by atoms with Gasteiger partial charge in [0.2, 0.25) is 15.9 Å². The fourth-order valence-corrected chi connectivity index (χ4v) is 4.51. The Hall–Kier alpha value is -2.88. The van der Waals surface area contributed by atoms with Gasteiger partial charge >= 0.3 is 0 Å². The Morgan fingerprint density at radius 3 is 2.22 bits per heavy atom. The third-order valence-electron chi connectivity index (χ3n) is 4.67. The van der Waals surface area contributed by atoms with Gasteiger partial charge in [-0.3, -0.25) is 4.79 Å². The molecule has 3 aromatic rings. The first-order chi connectivity index (χ1) is 15.3. The molecular formula is C23H23BrN2O5S. The molecule has 168 valence electrons. The molecule has 0 unspecified atom stereocenters. The molecule has 0 radical (unpaired) electrons. The Morgan fingerprint density at radius 2 is 1.59 bits per heavy atom. The highest BCUT2D eigenvalue weighted by atomic mass is 79.9. The largest absolute Gasteiger partial charge is 0.493 e. The molecule has 0 fully saturated rings. The van der Waals surface area contributed by atoms with Crippen LogP contribution >= 0.6 is 15.9 Å². The molecule has 3 aromatic carbocycles. The number of carbonyl (C=O) groups excluding carboxylic acids is 1. The monoisotopic (exact) mass is 518 g/mol. The summed E-state index contributed by atoms with van der Waals surface area (Å²) in [6, 6.07) is 19.3. The first kappa shape index (κ1) is 23.8. The zero-order valence-corrected chi connectivity index (χ0v) is 19.9. The molecule has 0 aromatic heterocycles. The summed E-state index contributed by atoms with van der Waals surface area (Å²) in [6.07, 6.45) is 0.176. The van der Waals surface area contributed by atoms with Gasteiger partial charge in [-0.25, -0.2) is 8.42 Å². The van der Waals surface area contributed by atoms with Crippen molar-refractivity contribution in [1.82, 2.24) is 4.72 Å². The second-order valence-electron chi connectivity index (χ2n) is 6.88. The summed E-state index contributed by atoms with van der Waals surface area (Å²) in [5.41, 5.74) is 1.27. The maximum absolute atomic E-state index is 13.1. The van der Waals surface area contributed by atoms with Crippen molar-refractivity contribution < 1.29 is 22.7 Å². The highest BCUT2D eigenvalue weighted by Crippen LogP contribution is 2.30. The van der Waals surface area contributed by atoms with Gasteiger partial charge in [0.25, 0.3) is 0 Å². The van der Waals surface area contributed by atoms with Crippen molar-refractivity contribution in [2.24, 2.45) is 0 Å². The lowest BCUT2D eigenvalue weighted by Gasteiger charge is -2.19. The van der Waals surface area contributed by atoms with Crippen LogP contribution in [0.1, 0.15) is 5.56 Å². The predicted octanol–water partition coefficient (Wildman–Crippen LogP) is 3.99. The van der Waals surface area contributed by atoms with Crippen LogP contribution in [0.15, 0.2) is 82.2 Å². The first-order valence-electron chi connectivity index (χ1n) is 9.67. The van der Waals surface area contributed by atoms with Gasteiger partial charge in [0.05, 0.1) is 19.1 Å². The molecule has 2 N–H and O–H groups in total. The minimum absolute atomic E-state index is 0.0673. The predicted molar refractivity (Wildman–Crippen MR) is 127 cm³/mol. The quantitative estimate of drug-likeness (QED) is 0.446. The number of nitrogens with one attached hydrogen (secondary N) is 2. The fraction of sp³-hybridized carbons (Fsp3) is 0.174. The molecule has 0 aliphatic carbocycles. The molecule has 0 aliphatic heterocycles.